The number of aromatic amines is 1. The summed E-state index contributed by atoms with van der Waals surface area (Å²) in [7, 11) is 0. The third-order valence-electron chi connectivity index (χ3n) is 11.2. The number of amides is 1. The smallest absolute Gasteiger partial charge is 0.407 e. The highest BCUT2D eigenvalue weighted by atomic mass is 19.1. The molecule has 3 saturated heterocycles. The van der Waals surface area contributed by atoms with Gasteiger partial charge < -0.3 is 19.7 Å². The molecule has 1 saturated carbocycles. The van der Waals surface area contributed by atoms with Crippen molar-refractivity contribution in [2.75, 3.05) is 44.3 Å². The number of carbonyl (C=O) groups excluding carboxylic acids is 1. The summed E-state index contributed by atoms with van der Waals surface area (Å²) in [4.78, 5) is 31.4. The summed E-state index contributed by atoms with van der Waals surface area (Å²) in [6, 6.07) is 1.94. The lowest BCUT2D eigenvalue weighted by Gasteiger charge is -2.34. The van der Waals surface area contributed by atoms with E-state index < -0.39 is 23.6 Å². The molecule has 0 radical (unpaired) electrons. The quantitative estimate of drug-likeness (QED) is 0.311. The number of anilines is 1. The van der Waals surface area contributed by atoms with Crippen LogP contribution in [-0.2, 0) is 4.74 Å². The molecule has 5 aliphatic heterocycles. The van der Waals surface area contributed by atoms with Crippen molar-refractivity contribution in [3.63, 3.8) is 0 Å². The van der Waals surface area contributed by atoms with E-state index in [1.165, 1.54) is 0 Å². The Morgan fingerprint density at radius 3 is 2.98 bits per heavy atom. The summed E-state index contributed by atoms with van der Waals surface area (Å²) in [6.07, 6.45) is 7.53. The number of carbonyl (C=O) groups is 1. The molecule has 10 rings (SSSR count). The van der Waals surface area contributed by atoms with Crippen LogP contribution < -0.4 is 15.0 Å². The average molecular weight is 645 g/mol. The number of aromatic nitrogens is 5. The number of hydrogen-bond donors (Lipinski definition) is 2. The average Bonchev–Trinajstić information content (AvgIpc) is 3.31. The van der Waals surface area contributed by atoms with Crippen molar-refractivity contribution < 1.29 is 23.0 Å². The molecule has 246 valence electrons. The highest BCUT2D eigenvalue weighted by molar-refractivity contribution is 6.00. The maximum absolute atomic E-state index is 17.2. The molecule has 3 aromatic heterocycles. The lowest BCUT2D eigenvalue weighted by molar-refractivity contribution is 0.107. The fourth-order valence-corrected chi connectivity index (χ4v) is 8.84. The Bertz CT molecular complexity index is 1900. The summed E-state index contributed by atoms with van der Waals surface area (Å²) in [6.45, 7) is 4.96. The maximum Gasteiger partial charge on any atom is 0.407 e. The Morgan fingerprint density at radius 1 is 1.15 bits per heavy atom. The normalized spacial score (nSPS) is 29.0. The van der Waals surface area contributed by atoms with Gasteiger partial charge in [0.05, 0.1) is 29.2 Å². The summed E-state index contributed by atoms with van der Waals surface area (Å²) in [5.74, 6) is 0.440. The summed E-state index contributed by atoms with van der Waals surface area (Å²) >= 11 is 0. The number of nitrogens with one attached hydrogen (secondary N) is 2. The van der Waals surface area contributed by atoms with Crippen molar-refractivity contribution in [3.05, 3.63) is 35.4 Å². The molecule has 6 aliphatic rings. The summed E-state index contributed by atoms with van der Waals surface area (Å²) in [5, 5.41) is 11.6. The van der Waals surface area contributed by atoms with Crippen molar-refractivity contribution in [2.24, 2.45) is 5.92 Å². The Hall–Kier alpha value is -4.13. The molecule has 13 heteroatoms. The number of nitrogens with zero attached hydrogens (tertiary/aromatic N) is 6. The fourth-order valence-electron chi connectivity index (χ4n) is 8.84. The van der Waals surface area contributed by atoms with Gasteiger partial charge in [0.1, 0.15) is 29.8 Å². The van der Waals surface area contributed by atoms with Crippen LogP contribution in [0.2, 0.25) is 0 Å². The Labute approximate surface area is 270 Å². The van der Waals surface area contributed by atoms with Gasteiger partial charge in [0.25, 0.3) is 0 Å². The second kappa shape index (κ2) is 11.0. The van der Waals surface area contributed by atoms with E-state index in [4.69, 9.17) is 24.4 Å². The van der Waals surface area contributed by atoms with Crippen LogP contribution in [-0.4, -0.2) is 93.3 Å². The number of H-pyrrole nitrogens is 1. The minimum Gasteiger partial charge on any atom is -0.461 e. The van der Waals surface area contributed by atoms with Crippen LogP contribution >= 0.6 is 0 Å². The van der Waals surface area contributed by atoms with Crippen molar-refractivity contribution in [1.82, 2.24) is 35.4 Å². The van der Waals surface area contributed by atoms with Gasteiger partial charge in [0.15, 0.2) is 5.82 Å². The third-order valence-corrected chi connectivity index (χ3v) is 11.2. The third kappa shape index (κ3) is 4.87. The van der Waals surface area contributed by atoms with Gasteiger partial charge in [-0.2, -0.15) is 15.1 Å². The minimum atomic E-state index is -0.895. The molecule has 1 aliphatic carbocycles. The second-order valence-electron chi connectivity index (χ2n) is 14.1. The fraction of sp³-hybridized carbons (Fsp3) is 0.559. The van der Waals surface area contributed by atoms with Crippen LogP contribution in [0.1, 0.15) is 62.0 Å². The molecule has 0 unspecified atom stereocenters. The monoisotopic (exact) mass is 644 g/mol. The number of aryl methyl sites for hydroxylation is 1. The van der Waals surface area contributed by atoms with Gasteiger partial charge in [0.2, 0.25) is 0 Å². The molecule has 4 aromatic rings. The number of alkyl carbamates (subject to hydrolysis) is 1. The molecular weight excluding hydrogens is 606 g/mol. The topological polar surface area (TPSA) is 121 Å². The molecule has 2 N–H and O–H groups in total. The number of rotatable bonds is 3. The molecule has 11 nitrogen and oxygen atoms in total. The lowest BCUT2D eigenvalue weighted by atomic mass is 9.91. The van der Waals surface area contributed by atoms with Crippen molar-refractivity contribution in [3.8, 4) is 17.3 Å². The Balaban J connectivity index is 1.21. The standard InChI is InChI=1S/C34H38F2N8O3/c1-18-10-25-23(14-38-42-25)27-26(18)22-11-19(22)5-9-46-33(45)39-21-4-2-7-43(16-21)31-24-13-37-30(27)28(36)29(24)40-32(41-31)47-17-34-6-3-8-44(34)15-20(35)12-34/h10,13-14,19-22H,2-9,11-12,15-17H2,1H3,(H,38,42)(H,39,45)/t19-,20+,21+,22+,34-/m0/s1. The number of benzene rings is 1. The van der Waals surface area contributed by atoms with Crippen molar-refractivity contribution in [1.29, 1.82) is 0 Å². The summed E-state index contributed by atoms with van der Waals surface area (Å²) < 4.78 is 43.7. The van der Waals surface area contributed by atoms with Gasteiger partial charge in [0, 0.05) is 49.2 Å². The van der Waals surface area contributed by atoms with E-state index in [2.05, 4.69) is 26.5 Å². The molecule has 1 aromatic carbocycles. The van der Waals surface area contributed by atoms with E-state index in [1.807, 2.05) is 11.8 Å². The maximum atomic E-state index is 17.2. The first kappa shape index (κ1) is 29.0. The van der Waals surface area contributed by atoms with Crippen LogP contribution in [0.4, 0.5) is 19.4 Å². The van der Waals surface area contributed by atoms with Crippen LogP contribution in [0, 0.1) is 18.7 Å². The minimum absolute atomic E-state index is 0.0553. The van der Waals surface area contributed by atoms with Crippen LogP contribution in [0.5, 0.6) is 6.01 Å². The SMILES string of the molecule is Cc1cc2[nH]ncc2c2c1[C@@H]1C[C@@H]1CCOC(=O)N[C@@H]1CCCN(C1)c1nc(OC[C@@]34CCCN3C[C@H](F)C4)nc3c(F)c-2ncc13. The first-order chi connectivity index (χ1) is 22.9. The van der Waals surface area contributed by atoms with Gasteiger partial charge in [-0.05, 0) is 81.0 Å². The van der Waals surface area contributed by atoms with Crippen LogP contribution in [0.3, 0.4) is 0 Å². The molecular formula is C34H38F2N8O3. The molecule has 6 bridgehead atoms. The van der Waals surface area contributed by atoms with E-state index in [0.717, 1.165) is 67.1 Å². The number of ether oxygens (including phenoxy) is 2. The van der Waals surface area contributed by atoms with E-state index in [9.17, 15) is 9.18 Å². The van der Waals surface area contributed by atoms with Gasteiger partial charge >= 0.3 is 12.1 Å². The number of hydrogen-bond acceptors (Lipinski definition) is 9. The molecule has 4 fully saturated rings. The van der Waals surface area contributed by atoms with Crippen LogP contribution in [0.25, 0.3) is 33.1 Å². The van der Waals surface area contributed by atoms with E-state index in [0.29, 0.717) is 55.3 Å². The number of piperidine rings is 1. The zero-order chi connectivity index (χ0) is 31.9. The van der Waals surface area contributed by atoms with E-state index in [-0.39, 0.29) is 35.8 Å². The van der Waals surface area contributed by atoms with Crippen LogP contribution in [0.15, 0.2) is 18.5 Å². The van der Waals surface area contributed by atoms with Crippen molar-refractivity contribution >= 4 is 33.7 Å². The Kier molecular flexibility index (Phi) is 6.77. The number of halogens is 2. The first-order valence-electron chi connectivity index (χ1n) is 16.9. The Morgan fingerprint density at radius 2 is 2.06 bits per heavy atom. The van der Waals surface area contributed by atoms with E-state index >= 15 is 4.39 Å². The molecule has 0 spiro atoms. The highest BCUT2D eigenvalue weighted by Crippen LogP contribution is 2.54. The van der Waals surface area contributed by atoms with Crippen molar-refractivity contribution in [2.45, 2.75) is 75.5 Å². The predicted octanol–water partition coefficient (Wildman–Crippen LogP) is 5.17. The first-order valence-corrected chi connectivity index (χ1v) is 16.9. The van der Waals surface area contributed by atoms with Gasteiger partial charge in [-0.25, -0.2) is 13.6 Å². The number of fused-ring (bicyclic) bond motifs is 7. The van der Waals surface area contributed by atoms with Gasteiger partial charge in [-0.15, -0.1) is 0 Å². The predicted molar refractivity (Wildman–Crippen MR) is 171 cm³/mol. The zero-order valence-electron chi connectivity index (χ0n) is 26.4. The molecule has 5 atom stereocenters. The van der Waals surface area contributed by atoms with Gasteiger partial charge in [-0.3, -0.25) is 15.0 Å². The lowest BCUT2D eigenvalue weighted by Crippen LogP contribution is -2.48. The largest absolute Gasteiger partial charge is 0.461 e. The molecule has 8 heterocycles. The number of alkyl halides is 1. The van der Waals surface area contributed by atoms with E-state index in [1.54, 1.807) is 12.4 Å². The molecule has 47 heavy (non-hydrogen) atoms. The zero-order valence-corrected chi connectivity index (χ0v) is 26.4. The summed E-state index contributed by atoms with van der Waals surface area (Å²) in [5.41, 5.74) is 3.52. The second-order valence-corrected chi connectivity index (χ2v) is 14.1. The number of pyridine rings is 1. The van der Waals surface area contributed by atoms with Gasteiger partial charge in [-0.1, -0.05) is 0 Å². The highest BCUT2D eigenvalue weighted by Gasteiger charge is 2.49. The molecule has 1 amide bonds.